The Hall–Kier alpha value is -2.08. The number of carbonyl (C=O) groups is 1. The molecule has 20 heavy (non-hydrogen) atoms. The number of rotatable bonds is 5. The normalized spacial score (nSPS) is 11.8. The maximum absolute atomic E-state index is 12.0. The number of hydrogen-bond donors (Lipinski definition) is 2. The molecule has 0 aliphatic carbocycles. The molecule has 2 aromatic rings. The number of thiazole rings is 1. The van der Waals surface area contributed by atoms with E-state index in [1.54, 1.807) is 14.0 Å². The third-order valence-corrected chi connectivity index (χ3v) is 3.59. The molecule has 6 heteroatoms. The minimum Gasteiger partial charge on any atom is -0.497 e. The Labute approximate surface area is 122 Å². The summed E-state index contributed by atoms with van der Waals surface area (Å²) in [5.74, 6) is 0.668. The lowest BCUT2D eigenvalue weighted by molar-refractivity contribution is -0.116. The van der Waals surface area contributed by atoms with E-state index in [-0.39, 0.29) is 11.9 Å². The molecule has 2 rings (SSSR count). The van der Waals surface area contributed by atoms with Crippen molar-refractivity contribution in [2.24, 2.45) is 0 Å². The highest BCUT2D eigenvalue weighted by atomic mass is 32.1. The van der Waals surface area contributed by atoms with Crippen molar-refractivity contribution in [3.05, 3.63) is 35.3 Å². The molecule has 0 bridgehead atoms. The largest absolute Gasteiger partial charge is 0.497 e. The molecule has 0 fully saturated rings. The van der Waals surface area contributed by atoms with E-state index in [9.17, 15) is 4.79 Å². The molecule has 1 heterocycles. The topological polar surface area (TPSA) is 63.2 Å². The zero-order valence-electron chi connectivity index (χ0n) is 11.6. The second-order valence-corrected chi connectivity index (χ2v) is 5.24. The van der Waals surface area contributed by atoms with Crippen LogP contribution in [0.5, 0.6) is 5.75 Å². The van der Waals surface area contributed by atoms with Gasteiger partial charge < -0.3 is 15.4 Å². The van der Waals surface area contributed by atoms with Gasteiger partial charge in [-0.2, -0.15) is 0 Å². The van der Waals surface area contributed by atoms with Gasteiger partial charge in [-0.1, -0.05) is 0 Å². The molecule has 0 saturated heterocycles. The van der Waals surface area contributed by atoms with Gasteiger partial charge in [0, 0.05) is 11.1 Å². The molecular weight excluding hydrogens is 274 g/mol. The number of benzene rings is 1. The third kappa shape index (κ3) is 3.71. The molecule has 106 valence electrons. The Morgan fingerprint density at radius 1 is 1.35 bits per heavy atom. The summed E-state index contributed by atoms with van der Waals surface area (Å²) in [7, 11) is 1.62. The summed E-state index contributed by atoms with van der Waals surface area (Å²) in [5, 5.41) is 8.44. The van der Waals surface area contributed by atoms with Crippen LogP contribution in [0.4, 0.5) is 10.8 Å². The van der Waals surface area contributed by atoms with Crippen LogP contribution < -0.4 is 15.4 Å². The van der Waals surface area contributed by atoms with Crippen molar-refractivity contribution in [1.82, 2.24) is 4.98 Å². The lowest BCUT2D eigenvalue weighted by Gasteiger charge is -2.14. The van der Waals surface area contributed by atoms with Crippen LogP contribution in [-0.4, -0.2) is 24.0 Å². The highest BCUT2D eigenvalue weighted by Crippen LogP contribution is 2.17. The van der Waals surface area contributed by atoms with Gasteiger partial charge in [-0.05, 0) is 38.1 Å². The molecule has 0 spiro atoms. The van der Waals surface area contributed by atoms with E-state index >= 15 is 0 Å². The van der Waals surface area contributed by atoms with Crippen molar-refractivity contribution >= 4 is 28.1 Å². The minimum atomic E-state index is -0.354. The number of hydrogen-bond acceptors (Lipinski definition) is 5. The number of amides is 1. The predicted octanol–water partition coefficient (Wildman–Crippen LogP) is 2.90. The Bertz CT molecular complexity index is 580. The van der Waals surface area contributed by atoms with Crippen LogP contribution in [0.15, 0.2) is 29.6 Å². The molecule has 0 aliphatic rings. The number of carbonyl (C=O) groups excluding carboxylic acids is 1. The number of aromatic nitrogens is 1. The molecule has 1 aromatic heterocycles. The molecule has 1 atom stereocenters. The van der Waals surface area contributed by atoms with Crippen molar-refractivity contribution in [2.45, 2.75) is 19.9 Å². The van der Waals surface area contributed by atoms with E-state index < -0.39 is 0 Å². The highest BCUT2D eigenvalue weighted by Gasteiger charge is 2.14. The number of ether oxygens (including phenoxy) is 1. The zero-order valence-corrected chi connectivity index (χ0v) is 12.5. The van der Waals surface area contributed by atoms with Crippen molar-refractivity contribution in [1.29, 1.82) is 0 Å². The van der Waals surface area contributed by atoms with Gasteiger partial charge in [0.05, 0.1) is 12.8 Å². The van der Waals surface area contributed by atoms with Crippen LogP contribution in [-0.2, 0) is 4.79 Å². The van der Waals surface area contributed by atoms with Gasteiger partial charge in [0.2, 0.25) is 5.91 Å². The molecule has 5 nitrogen and oxygen atoms in total. The first-order chi connectivity index (χ1) is 9.58. The smallest absolute Gasteiger partial charge is 0.248 e. The van der Waals surface area contributed by atoms with Gasteiger partial charge in [0.15, 0.2) is 5.13 Å². The number of methoxy groups -OCH3 is 1. The fourth-order valence-electron chi connectivity index (χ4n) is 1.63. The van der Waals surface area contributed by atoms with Gasteiger partial charge >= 0.3 is 0 Å². The van der Waals surface area contributed by atoms with Gasteiger partial charge in [-0.25, -0.2) is 4.98 Å². The predicted molar refractivity (Wildman–Crippen MR) is 81.6 cm³/mol. The van der Waals surface area contributed by atoms with E-state index in [1.165, 1.54) is 11.3 Å². The average Bonchev–Trinajstić information content (AvgIpc) is 2.85. The Morgan fingerprint density at radius 3 is 2.60 bits per heavy atom. The minimum absolute atomic E-state index is 0.116. The molecule has 2 N–H and O–H groups in total. The lowest BCUT2D eigenvalue weighted by atomic mass is 10.2. The fraction of sp³-hybridized carbons (Fsp3) is 0.286. The quantitative estimate of drug-likeness (QED) is 0.889. The molecule has 1 amide bonds. The van der Waals surface area contributed by atoms with E-state index in [4.69, 9.17) is 4.74 Å². The summed E-state index contributed by atoms with van der Waals surface area (Å²) in [6.45, 7) is 3.70. The molecular formula is C14H17N3O2S. The maximum Gasteiger partial charge on any atom is 0.248 e. The van der Waals surface area contributed by atoms with E-state index in [0.717, 1.165) is 17.1 Å². The zero-order chi connectivity index (χ0) is 14.5. The number of nitrogens with one attached hydrogen (secondary N) is 2. The van der Waals surface area contributed by atoms with Crippen molar-refractivity contribution in [3.63, 3.8) is 0 Å². The average molecular weight is 291 g/mol. The van der Waals surface area contributed by atoms with Gasteiger partial charge in [0.25, 0.3) is 0 Å². The number of aryl methyl sites for hydroxylation is 1. The monoisotopic (exact) mass is 291 g/mol. The molecule has 1 aromatic carbocycles. The molecule has 0 radical (unpaired) electrons. The molecule has 1 unspecified atom stereocenters. The summed E-state index contributed by atoms with van der Waals surface area (Å²) >= 11 is 1.42. The van der Waals surface area contributed by atoms with Crippen molar-refractivity contribution in [2.75, 3.05) is 17.7 Å². The SMILES string of the molecule is COc1ccc(NC(C)C(=O)Nc2nc(C)cs2)cc1. The number of nitrogens with zero attached hydrogens (tertiary/aromatic N) is 1. The second-order valence-electron chi connectivity index (χ2n) is 4.38. The first kappa shape index (κ1) is 14.3. The second kappa shape index (κ2) is 6.38. The van der Waals surface area contributed by atoms with Crippen LogP contribution in [0.1, 0.15) is 12.6 Å². The Morgan fingerprint density at radius 2 is 2.05 bits per heavy atom. The van der Waals surface area contributed by atoms with E-state index in [1.807, 2.05) is 36.6 Å². The van der Waals surface area contributed by atoms with Crippen LogP contribution >= 0.6 is 11.3 Å². The van der Waals surface area contributed by atoms with Crippen molar-refractivity contribution < 1.29 is 9.53 Å². The molecule has 0 aliphatic heterocycles. The maximum atomic E-state index is 12.0. The van der Waals surface area contributed by atoms with Crippen LogP contribution in [0.2, 0.25) is 0 Å². The van der Waals surface area contributed by atoms with Crippen LogP contribution in [0.3, 0.4) is 0 Å². The highest BCUT2D eigenvalue weighted by molar-refractivity contribution is 7.13. The number of anilines is 2. The molecule has 0 saturated carbocycles. The van der Waals surface area contributed by atoms with E-state index in [0.29, 0.717) is 5.13 Å². The summed E-state index contributed by atoms with van der Waals surface area (Å²) in [4.78, 5) is 16.2. The Balaban J connectivity index is 1.92. The summed E-state index contributed by atoms with van der Waals surface area (Å²) in [5.41, 5.74) is 1.77. The standard InChI is InChI=1S/C14H17N3O2S/c1-9-8-20-14(15-9)17-13(18)10(2)16-11-4-6-12(19-3)7-5-11/h4-8,10,16H,1-3H3,(H,15,17,18). The van der Waals surface area contributed by atoms with Gasteiger partial charge in [0.1, 0.15) is 11.8 Å². The fourth-order valence-corrected chi connectivity index (χ4v) is 2.32. The van der Waals surface area contributed by atoms with Crippen LogP contribution in [0.25, 0.3) is 0 Å². The summed E-state index contributed by atoms with van der Waals surface area (Å²) in [6.07, 6.45) is 0. The summed E-state index contributed by atoms with van der Waals surface area (Å²) < 4.78 is 5.09. The van der Waals surface area contributed by atoms with Gasteiger partial charge in [-0.3, -0.25) is 4.79 Å². The Kier molecular flexibility index (Phi) is 4.57. The first-order valence-corrected chi connectivity index (χ1v) is 7.10. The third-order valence-electron chi connectivity index (χ3n) is 2.72. The van der Waals surface area contributed by atoms with Gasteiger partial charge in [-0.15, -0.1) is 11.3 Å². The lowest BCUT2D eigenvalue weighted by Crippen LogP contribution is -2.31. The summed E-state index contributed by atoms with van der Waals surface area (Å²) in [6, 6.07) is 7.08. The van der Waals surface area contributed by atoms with Crippen molar-refractivity contribution in [3.8, 4) is 5.75 Å². The van der Waals surface area contributed by atoms with Crippen LogP contribution in [0, 0.1) is 6.92 Å². The van der Waals surface area contributed by atoms with E-state index in [2.05, 4.69) is 15.6 Å². The first-order valence-electron chi connectivity index (χ1n) is 6.22.